The maximum absolute atomic E-state index is 12.6. The number of H-pyrrole nitrogens is 1. The van der Waals surface area contributed by atoms with E-state index in [4.69, 9.17) is 17.3 Å². The summed E-state index contributed by atoms with van der Waals surface area (Å²) in [5, 5.41) is 26.2. The summed E-state index contributed by atoms with van der Waals surface area (Å²) in [5.41, 5.74) is 0.358. The minimum Gasteiger partial charge on any atom is -0.481 e. The molecule has 0 aromatic carbocycles. The number of nitrogens with zero attached hydrogens (tertiary/aromatic N) is 4. The predicted molar refractivity (Wildman–Crippen MR) is 104 cm³/mol. The van der Waals surface area contributed by atoms with E-state index in [1.54, 1.807) is 25.2 Å². The van der Waals surface area contributed by atoms with Crippen LogP contribution in [0, 0.1) is 10.1 Å². The number of hydrogen-bond donors (Lipinski definition) is 2. The van der Waals surface area contributed by atoms with Gasteiger partial charge in [0.05, 0.1) is 9.83 Å². The Morgan fingerprint density at radius 1 is 1.56 bits per heavy atom. The van der Waals surface area contributed by atoms with E-state index in [1.165, 1.54) is 11.0 Å². The van der Waals surface area contributed by atoms with Gasteiger partial charge >= 0.3 is 11.7 Å². The number of carboxylic acid groups (broad SMARTS) is 1. The minimum absolute atomic E-state index is 0.0672. The molecule has 0 unspecified atom stereocenters. The summed E-state index contributed by atoms with van der Waals surface area (Å²) >= 11 is 6.27. The molecule has 0 radical (unpaired) electrons. The molecule has 1 aliphatic rings. The highest BCUT2D eigenvalue weighted by Gasteiger charge is 2.32. The lowest BCUT2D eigenvalue weighted by Gasteiger charge is -2.13. The van der Waals surface area contributed by atoms with Crippen molar-refractivity contribution in [3.8, 4) is 0 Å². The third kappa shape index (κ3) is 5.14. The second-order valence-electron chi connectivity index (χ2n) is 5.77. The Hall–Kier alpha value is -2.73. The van der Waals surface area contributed by atoms with Gasteiger partial charge in [-0.3, -0.25) is 29.7 Å². The second kappa shape index (κ2) is 8.77. The van der Waals surface area contributed by atoms with Gasteiger partial charge in [0.25, 0.3) is 5.91 Å². The van der Waals surface area contributed by atoms with Crippen molar-refractivity contribution in [2.45, 2.75) is 12.8 Å². The van der Waals surface area contributed by atoms with Crippen molar-refractivity contribution in [2.75, 3.05) is 20.6 Å². The van der Waals surface area contributed by atoms with Crippen LogP contribution in [0.2, 0.25) is 0 Å². The number of aliphatic carboxylic acids is 1. The first kappa shape index (κ1) is 20.6. The average Bonchev–Trinajstić information content (AvgIpc) is 3.14. The van der Waals surface area contributed by atoms with Crippen molar-refractivity contribution in [1.29, 1.82) is 0 Å². The number of thioether (sulfide) groups is 1. The highest BCUT2D eigenvalue weighted by molar-refractivity contribution is 8.26. The van der Waals surface area contributed by atoms with Crippen LogP contribution in [0.15, 0.2) is 23.4 Å². The molecule has 27 heavy (non-hydrogen) atoms. The molecule has 2 rings (SSSR count). The first-order valence-electron chi connectivity index (χ1n) is 7.74. The number of carboxylic acids is 1. The van der Waals surface area contributed by atoms with E-state index in [1.807, 2.05) is 0 Å². The molecule has 1 aromatic rings. The molecule has 0 atom stereocenters. The summed E-state index contributed by atoms with van der Waals surface area (Å²) in [7, 11) is 3.49. The lowest BCUT2D eigenvalue weighted by Crippen LogP contribution is -2.29. The average molecular weight is 411 g/mol. The number of allylic oxidation sites excluding steroid dienone is 2. The van der Waals surface area contributed by atoms with Gasteiger partial charge in [0.2, 0.25) is 0 Å². The number of aromatic amines is 1. The van der Waals surface area contributed by atoms with Crippen molar-refractivity contribution in [3.05, 3.63) is 39.2 Å². The summed E-state index contributed by atoms with van der Waals surface area (Å²) in [4.78, 5) is 37.2. The van der Waals surface area contributed by atoms with Gasteiger partial charge in [-0.1, -0.05) is 24.0 Å². The van der Waals surface area contributed by atoms with Gasteiger partial charge in [-0.15, -0.1) is 0 Å². The first-order valence-corrected chi connectivity index (χ1v) is 8.96. The molecular weight excluding hydrogens is 394 g/mol. The zero-order chi connectivity index (χ0) is 20.1. The number of rotatable bonds is 8. The normalized spacial score (nSPS) is 16.3. The van der Waals surface area contributed by atoms with Crippen LogP contribution in [-0.4, -0.2) is 66.9 Å². The monoisotopic (exact) mass is 411 g/mol. The fraction of sp³-hybridized carbons (Fsp3) is 0.333. The zero-order valence-electron chi connectivity index (χ0n) is 14.5. The standard InChI is InChI=1S/C15H17N5O5S2/c1-18(2)8-9(13-10(20(24)25)7-16-17-13)6-11-14(23)19(15(26)27-11)5-3-4-12(21)22/h6-8H,3-5H2,1-2H3,(H,16,17)(H,21,22). The van der Waals surface area contributed by atoms with Gasteiger partial charge in [-0.2, -0.15) is 5.10 Å². The Kier molecular flexibility index (Phi) is 6.69. The third-order valence-corrected chi connectivity index (χ3v) is 4.81. The second-order valence-corrected chi connectivity index (χ2v) is 7.44. The van der Waals surface area contributed by atoms with Crippen molar-refractivity contribution in [1.82, 2.24) is 20.0 Å². The van der Waals surface area contributed by atoms with E-state index in [2.05, 4.69) is 10.2 Å². The van der Waals surface area contributed by atoms with Crippen LogP contribution in [-0.2, 0) is 9.59 Å². The summed E-state index contributed by atoms with van der Waals surface area (Å²) in [5.74, 6) is -1.30. The van der Waals surface area contributed by atoms with Crippen LogP contribution >= 0.6 is 24.0 Å². The number of carbonyl (C=O) groups excluding carboxylic acids is 1. The third-order valence-electron chi connectivity index (χ3n) is 3.43. The Bertz CT molecular complexity index is 845. The van der Waals surface area contributed by atoms with Gasteiger partial charge in [0.15, 0.2) is 0 Å². The summed E-state index contributed by atoms with van der Waals surface area (Å²) in [6, 6.07) is 0. The van der Waals surface area contributed by atoms with E-state index < -0.39 is 10.9 Å². The molecule has 0 saturated carbocycles. The first-order chi connectivity index (χ1) is 12.7. The summed E-state index contributed by atoms with van der Waals surface area (Å²) < 4.78 is 0.319. The largest absolute Gasteiger partial charge is 0.481 e. The van der Waals surface area contributed by atoms with Crippen LogP contribution in [0.5, 0.6) is 0 Å². The molecule has 0 bridgehead atoms. The van der Waals surface area contributed by atoms with Gasteiger partial charge in [-0.25, -0.2) is 0 Å². The number of aromatic nitrogens is 2. The lowest BCUT2D eigenvalue weighted by atomic mass is 10.1. The van der Waals surface area contributed by atoms with Gasteiger partial charge in [0, 0.05) is 38.8 Å². The van der Waals surface area contributed by atoms with Crippen LogP contribution in [0.3, 0.4) is 0 Å². The smallest absolute Gasteiger partial charge is 0.314 e. The van der Waals surface area contributed by atoms with Crippen molar-refractivity contribution < 1.29 is 19.6 Å². The zero-order valence-corrected chi connectivity index (χ0v) is 16.2. The quantitative estimate of drug-likeness (QED) is 0.284. The lowest BCUT2D eigenvalue weighted by molar-refractivity contribution is -0.385. The molecule has 2 heterocycles. The van der Waals surface area contributed by atoms with Crippen molar-refractivity contribution in [2.24, 2.45) is 0 Å². The number of carbonyl (C=O) groups is 2. The number of hydrogen-bond acceptors (Lipinski definition) is 8. The van der Waals surface area contributed by atoms with Crippen LogP contribution in [0.25, 0.3) is 5.57 Å². The number of nitrogens with one attached hydrogen (secondary N) is 1. The molecule has 144 valence electrons. The molecule has 1 amide bonds. The molecule has 0 aliphatic carbocycles. The molecule has 1 saturated heterocycles. The molecule has 0 spiro atoms. The molecule has 12 heteroatoms. The highest BCUT2D eigenvalue weighted by Crippen LogP contribution is 2.34. The molecule has 2 N–H and O–H groups in total. The maximum Gasteiger partial charge on any atom is 0.314 e. The van der Waals surface area contributed by atoms with E-state index in [-0.39, 0.29) is 36.7 Å². The maximum atomic E-state index is 12.6. The minimum atomic E-state index is -0.946. The molecule has 10 nitrogen and oxygen atoms in total. The Morgan fingerprint density at radius 2 is 2.26 bits per heavy atom. The van der Waals surface area contributed by atoms with Gasteiger partial charge in [0.1, 0.15) is 16.2 Å². The Labute approximate surface area is 164 Å². The summed E-state index contributed by atoms with van der Waals surface area (Å²) in [6.07, 6.45) is 4.45. The van der Waals surface area contributed by atoms with Crippen molar-refractivity contribution in [3.63, 3.8) is 0 Å². The van der Waals surface area contributed by atoms with E-state index in [0.29, 0.717) is 14.8 Å². The Balaban J connectivity index is 2.31. The van der Waals surface area contributed by atoms with E-state index in [0.717, 1.165) is 18.0 Å². The fourth-order valence-corrected chi connectivity index (χ4v) is 3.60. The molecular formula is C15H17N5O5S2. The highest BCUT2D eigenvalue weighted by atomic mass is 32.2. The van der Waals surface area contributed by atoms with Crippen LogP contribution in [0.1, 0.15) is 18.5 Å². The van der Waals surface area contributed by atoms with Gasteiger partial charge in [-0.05, 0) is 12.5 Å². The predicted octanol–water partition coefficient (Wildman–Crippen LogP) is 1.83. The molecule has 1 fully saturated rings. The van der Waals surface area contributed by atoms with Crippen LogP contribution < -0.4 is 0 Å². The number of thiocarbonyl (C=S) groups is 1. The Morgan fingerprint density at radius 3 is 2.85 bits per heavy atom. The molecule has 1 aromatic heterocycles. The number of nitro groups is 1. The SMILES string of the molecule is CN(C)C=C(C=C1SC(=S)N(CCCC(=O)O)C1=O)c1[nH]ncc1[N+](=O)[O-]. The topological polar surface area (TPSA) is 133 Å². The van der Waals surface area contributed by atoms with E-state index >= 15 is 0 Å². The van der Waals surface area contributed by atoms with Gasteiger partial charge < -0.3 is 10.0 Å². The van der Waals surface area contributed by atoms with E-state index in [9.17, 15) is 19.7 Å². The summed E-state index contributed by atoms with van der Waals surface area (Å²) in [6.45, 7) is 0.200. The van der Waals surface area contributed by atoms with Crippen molar-refractivity contribution >= 4 is 51.4 Å². The molecule has 1 aliphatic heterocycles. The number of amides is 1. The van der Waals surface area contributed by atoms with Crippen LogP contribution in [0.4, 0.5) is 5.69 Å². The fourth-order valence-electron chi connectivity index (χ4n) is 2.31.